The Morgan fingerprint density at radius 2 is 2.40 bits per heavy atom. The predicted molar refractivity (Wildman–Crippen MR) is 54.7 cm³/mol. The van der Waals surface area contributed by atoms with Gasteiger partial charge in [0.2, 0.25) is 0 Å². The molecular formula is C10H19NO4. The monoisotopic (exact) mass is 217 g/mol. The van der Waals surface area contributed by atoms with Gasteiger partial charge in [-0.1, -0.05) is 0 Å². The summed E-state index contributed by atoms with van der Waals surface area (Å²) in [6.07, 6.45) is 2.05. The molecule has 0 bridgehead atoms. The Morgan fingerprint density at radius 1 is 1.67 bits per heavy atom. The number of carbonyl (C=O) groups is 1. The molecule has 1 aliphatic heterocycles. The van der Waals surface area contributed by atoms with Crippen molar-refractivity contribution in [2.75, 3.05) is 26.3 Å². The number of ether oxygens (including phenoxy) is 1. The van der Waals surface area contributed by atoms with Crippen molar-refractivity contribution in [2.24, 2.45) is 5.92 Å². The van der Waals surface area contributed by atoms with E-state index in [1.165, 1.54) is 6.92 Å². The van der Waals surface area contributed by atoms with Gasteiger partial charge in [0, 0.05) is 19.8 Å². The van der Waals surface area contributed by atoms with Crippen LogP contribution >= 0.6 is 0 Å². The molecule has 3 N–H and O–H groups in total. The summed E-state index contributed by atoms with van der Waals surface area (Å²) in [4.78, 5) is 10.6. The number of hydrogen-bond acceptors (Lipinski definition) is 4. The van der Waals surface area contributed by atoms with E-state index in [9.17, 15) is 9.90 Å². The third-order valence-corrected chi connectivity index (χ3v) is 2.68. The van der Waals surface area contributed by atoms with Gasteiger partial charge in [0.15, 0.2) is 5.60 Å². The van der Waals surface area contributed by atoms with Crippen molar-refractivity contribution in [1.82, 2.24) is 5.32 Å². The first-order valence-electron chi connectivity index (χ1n) is 5.26. The van der Waals surface area contributed by atoms with Crippen molar-refractivity contribution < 1.29 is 19.7 Å². The fourth-order valence-electron chi connectivity index (χ4n) is 1.52. The van der Waals surface area contributed by atoms with Crippen LogP contribution in [0.5, 0.6) is 0 Å². The SMILES string of the molecule is CC(O)(CNCCC1CCOC1)C(=O)O. The van der Waals surface area contributed by atoms with Gasteiger partial charge < -0.3 is 20.3 Å². The van der Waals surface area contributed by atoms with Crippen LogP contribution in [0.2, 0.25) is 0 Å². The van der Waals surface area contributed by atoms with Gasteiger partial charge in [-0.15, -0.1) is 0 Å². The summed E-state index contributed by atoms with van der Waals surface area (Å²) in [7, 11) is 0. The van der Waals surface area contributed by atoms with Gasteiger partial charge in [-0.05, 0) is 32.2 Å². The van der Waals surface area contributed by atoms with Crippen molar-refractivity contribution in [1.29, 1.82) is 0 Å². The van der Waals surface area contributed by atoms with Crippen molar-refractivity contribution in [3.05, 3.63) is 0 Å². The Kier molecular flexibility index (Phi) is 4.50. The molecule has 5 heteroatoms. The van der Waals surface area contributed by atoms with E-state index in [-0.39, 0.29) is 6.54 Å². The number of carboxylic acid groups (broad SMARTS) is 1. The predicted octanol–water partition coefficient (Wildman–Crippen LogP) is -0.162. The molecule has 0 aromatic carbocycles. The number of carboxylic acids is 1. The van der Waals surface area contributed by atoms with Crippen LogP contribution in [0.1, 0.15) is 19.8 Å². The summed E-state index contributed by atoms with van der Waals surface area (Å²) < 4.78 is 5.22. The third kappa shape index (κ3) is 4.15. The number of hydrogen-bond donors (Lipinski definition) is 3. The van der Waals surface area contributed by atoms with E-state index in [0.29, 0.717) is 5.92 Å². The van der Waals surface area contributed by atoms with Crippen LogP contribution in [0, 0.1) is 5.92 Å². The fourth-order valence-corrected chi connectivity index (χ4v) is 1.52. The minimum Gasteiger partial charge on any atom is -0.479 e. The summed E-state index contributed by atoms with van der Waals surface area (Å²) in [5, 5.41) is 21.0. The normalized spacial score (nSPS) is 25.1. The third-order valence-electron chi connectivity index (χ3n) is 2.68. The molecular weight excluding hydrogens is 198 g/mol. The number of aliphatic carboxylic acids is 1. The van der Waals surface area contributed by atoms with Crippen molar-refractivity contribution in [2.45, 2.75) is 25.4 Å². The Morgan fingerprint density at radius 3 is 2.93 bits per heavy atom. The lowest BCUT2D eigenvalue weighted by atomic mass is 10.0. The van der Waals surface area contributed by atoms with Crippen molar-refractivity contribution in [3.63, 3.8) is 0 Å². The van der Waals surface area contributed by atoms with Crippen LogP contribution in [-0.2, 0) is 9.53 Å². The first-order chi connectivity index (χ1) is 7.02. The first-order valence-corrected chi connectivity index (χ1v) is 5.26. The molecule has 0 saturated carbocycles. The minimum atomic E-state index is -1.67. The summed E-state index contributed by atoms with van der Waals surface area (Å²) in [6, 6.07) is 0. The molecule has 1 saturated heterocycles. The molecule has 0 aromatic rings. The number of rotatable bonds is 6. The molecule has 1 heterocycles. The zero-order valence-corrected chi connectivity index (χ0v) is 9.03. The van der Waals surface area contributed by atoms with Gasteiger partial charge in [0.05, 0.1) is 0 Å². The highest BCUT2D eigenvalue weighted by atomic mass is 16.5. The maximum absolute atomic E-state index is 10.6. The highest BCUT2D eigenvalue weighted by molar-refractivity contribution is 5.76. The molecule has 2 unspecified atom stereocenters. The lowest BCUT2D eigenvalue weighted by molar-refractivity contribution is -0.156. The van der Waals surface area contributed by atoms with E-state index in [4.69, 9.17) is 9.84 Å². The molecule has 0 spiro atoms. The highest BCUT2D eigenvalue weighted by Crippen LogP contribution is 2.15. The second-order valence-electron chi connectivity index (χ2n) is 4.27. The van der Waals surface area contributed by atoms with E-state index >= 15 is 0 Å². The van der Waals surface area contributed by atoms with Crippen LogP contribution in [-0.4, -0.2) is 48.1 Å². The summed E-state index contributed by atoms with van der Waals surface area (Å²) in [6.45, 7) is 3.73. The molecule has 15 heavy (non-hydrogen) atoms. The van der Waals surface area contributed by atoms with E-state index in [0.717, 1.165) is 32.6 Å². The Labute approximate surface area is 89.4 Å². The first kappa shape index (κ1) is 12.4. The summed E-state index contributed by atoms with van der Waals surface area (Å²) >= 11 is 0. The maximum atomic E-state index is 10.6. The second kappa shape index (κ2) is 5.44. The fraction of sp³-hybridized carbons (Fsp3) is 0.900. The topological polar surface area (TPSA) is 78.8 Å². The van der Waals surface area contributed by atoms with Crippen molar-refractivity contribution in [3.8, 4) is 0 Å². The van der Waals surface area contributed by atoms with E-state index < -0.39 is 11.6 Å². The lowest BCUT2D eigenvalue weighted by Crippen LogP contribution is -2.45. The van der Waals surface area contributed by atoms with E-state index in [2.05, 4.69) is 5.32 Å². The van der Waals surface area contributed by atoms with Crippen molar-refractivity contribution >= 4 is 5.97 Å². The largest absolute Gasteiger partial charge is 0.479 e. The van der Waals surface area contributed by atoms with Crippen LogP contribution in [0.4, 0.5) is 0 Å². The van der Waals surface area contributed by atoms with E-state index in [1.54, 1.807) is 0 Å². The second-order valence-corrected chi connectivity index (χ2v) is 4.27. The Hall–Kier alpha value is -0.650. The Balaban J connectivity index is 2.08. The lowest BCUT2D eigenvalue weighted by Gasteiger charge is -2.18. The van der Waals surface area contributed by atoms with E-state index in [1.807, 2.05) is 0 Å². The quantitative estimate of drug-likeness (QED) is 0.539. The smallest absolute Gasteiger partial charge is 0.336 e. The van der Waals surface area contributed by atoms with Gasteiger partial charge in [-0.3, -0.25) is 0 Å². The molecule has 1 fully saturated rings. The average molecular weight is 217 g/mol. The van der Waals surface area contributed by atoms with Gasteiger partial charge >= 0.3 is 5.97 Å². The minimum absolute atomic E-state index is 0.0793. The standard InChI is InChI=1S/C10H19NO4/c1-10(14,9(12)13)7-11-4-2-8-3-5-15-6-8/h8,11,14H,2-7H2,1H3,(H,12,13). The zero-order valence-electron chi connectivity index (χ0n) is 9.03. The van der Waals surface area contributed by atoms with Crippen LogP contribution in [0.25, 0.3) is 0 Å². The van der Waals surface area contributed by atoms with Gasteiger partial charge in [0.1, 0.15) is 0 Å². The molecule has 0 aromatic heterocycles. The molecule has 2 atom stereocenters. The zero-order chi connectivity index (χ0) is 11.3. The summed E-state index contributed by atoms with van der Waals surface area (Å²) in [5.41, 5.74) is -1.67. The van der Waals surface area contributed by atoms with Gasteiger partial charge in [-0.2, -0.15) is 0 Å². The Bertz CT molecular complexity index is 211. The molecule has 0 aliphatic carbocycles. The van der Waals surface area contributed by atoms with Gasteiger partial charge in [-0.25, -0.2) is 4.79 Å². The summed E-state index contributed by atoms with van der Waals surface area (Å²) in [5.74, 6) is -0.619. The maximum Gasteiger partial charge on any atom is 0.336 e. The molecule has 1 rings (SSSR count). The molecule has 0 radical (unpaired) electrons. The average Bonchev–Trinajstić information content (AvgIpc) is 2.64. The number of nitrogens with one attached hydrogen (secondary N) is 1. The molecule has 0 amide bonds. The molecule has 1 aliphatic rings. The van der Waals surface area contributed by atoms with Crippen LogP contribution in [0.15, 0.2) is 0 Å². The van der Waals surface area contributed by atoms with Crippen LogP contribution in [0.3, 0.4) is 0 Å². The van der Waals surface area contributed by atoms with Gasteiger partial charge in [0.25, 0.3) is 0 Å². The molecule has 88 valence electrons. The highest BCUT2D eigenvalue weighted by Gasteiger charge is 2.29. The number of aliphatic hydroxyl groups is 1. The van der Waals surface area contributed by atoms with Crippen LogP contribution < -0.4 is 5.32 Å². The molecule has 5 nitrogen and oxygen atoms in total.